The molecule has 0 saturated carbocycles. The molecule has 1 aliphatic carbocycles. The fourth-order valence-corrected chi connectivity index (χ4v) is 3.01. The molecule has 26 heavy (non-hydrogen) atoms. The van der Waals surface area contributed by atoms with E-state index in [0.29, 0.717) is 17.9 Å². The molecule has 0 saturated heterocycles. The summed E-state index contributed by atoms with van der Waals surface area (Å²) >= 11 is 0. The number of nitrogens with one attached hydrogen (secondary N) is 2. The molecule has 3 amide bonds. The summed E-state index contributed by atoms with van der Waals surface area (Å²) in [6.07, 6.45) is 7.73. The molecule has 0 aromatic heterocycles. The van der Waals surface area contributed by atoms with E-state index in [4.69, 9.17) is 0 Å². The van der Waals surface area contributed by atoms with Crippen LogP contribution in [0.1, 0.15) is 46.0 Å². The Labute approximate surface area is 154 Å². The van der Waals surface area contributed by atoms with E-state index < -0.39 is 0 Å². The molecule has 0 atom stereocenters. The summed E-state index contributed by atoms with van der Waals surface area (Å²) in [7, 11) is 0. The van der Waals surface area contributed by atoms with E-state index in [1.54, 1.807) is 29.2 Å². The molecule has 6 heteroatoms. The monoisotopic (exact) mass is 357 g/mol. The third-order valence-corrected chi connectivity index (χ3v) is 4.33. The van der Waals surface area contributed by atoms with E-state index in [1.807, 2.05) is 0 Å². The average Bonchev–Trinajstić information content (AvgIpc) is 2.59. The molecule has 0 fully saturated rings. The van der Waals surface area contributed by atoms with Crippen LogP contribution in [-0.4, -0.2) is 35.7 Å². The summed E-state index contributed by atoms with van der Waals surface area (Å²) in [4.78, 5) is 36.9. The third-order valence-electron chi connectivity index (χ3n) is 4.33. The number of rotatable bonds is 7. The first-order valence-electron chi connectivity index (χ1n) is 9.05. The molecule has 0 heterocycles. The normalized spacial score (nSPS) is 13.5. The molecule has 140 valence electrons. The maximum atomic E-state index is 12.3. The standard InChI is InChI=1S/C20H27N3O3/c1-15(24)21-18-9-6-10-19(13-18)22-20(26)14-23(16(2)25)12-11-17-7-4-3-5-8-17/h6-7,9-10,13H,3-5,8,11-12,14H2,1-2H3,(H,21,24)(H,22,26). The minimum Gasteiger partial charge on any atom is -0.333 e. The molecule has 0 spiro atoms. The summed E-state index contributed by atoms with van der Waals surface area (Å²) in [5.41, 5.74) is 2.58. The zero-order valence-electron chi connectivity index (χ0n) is 15.5. The zero-order valence-corrected chi connectivity index (χ0v) is 15.5. The highest BCUT2D eigenvalue weighted by molar-refractivity contribution is 5.95. The first-order chi connectivity index (χ1) is 12.4. The van der Waals surface area contributed by atoms with Crippen molar-refractivity contribution in [1.82, 2.24) is 4.90 Å². The molecule has 2 rings (SSSR count). The Morgan fingerprint density at radius 2 is 1.81 bits per heavy atom. The van der Waals surface area contributed by atoms with Crippen molar-refractivity contribution in [2.45, 2.75) is 46.0 Å². The fourth-order valence-electron chi connectivity index (χ4n) is 3.01. The number of hydrogen-bond donors (Lipinski definition) is 2. The highest BCUT2D eigenvalue weighted by Gasteiger charge is 2.15. The van der Waals surface area contributed by atoms with Gasteiger partial charge < -0.3 is 15.5 Å². The van der Waals surface area contributed by atoms with Gasteiger partial charge in [0.05, 0.1) is 6.54 Å². The van der Waals surface area contributed by atoms with Crippen molar-refractivity contribution >= 4 is 29.1 Å². The quantitative estimate of drug-likeness (QED) is 0.735. The number of hydrogen-bond acceptors (Lipinski definition) is 3. The molecule has 1 aliphatic rings. The maximum absolute atomic E-state index is 12.3. The zero-order chi connectivity index (χ0) is 18.9. The Hall–Kier alpha value is -2.63. The van der Waals surface area contributed by atoms with Crippen LogP contribution in [0.2, 0.25) is 0 Å². The van der Waals surface area contributed by atoms with E-state index in [9.17, 15) is 14.4 Å². The summed E-state index contributed by atoms with van der Waals surface area (Å²) in [5, 5.41) is 5.45. The van der Waals surface area contributed by atoms with Crippen molar-refractivity contribution in [2.24, 2.45) is 0 Å². The topological polar surface area (TPSA) is 78.5 Å². The summed E-state index contributed by atoms with van der Waals surface area (Å²) in [6.45, 7) is 3.49. The molecule has 0 unspecified atom stereocenters. The third kappa shape index (κ3) is 6.70. The van der Waals surface area contributed by atoms with Crippen LogP contribution in [0.5, 0.6) is 0 Å². The minimum atomic E-state index is -0.252. The van der Waals surface area contributed by atoms with E-state index in [0.717, 1.165) is 19.3 Å². The van der Waals surface area contributed by atoms with Crippen molar-refractivity contribution in [3.63, 3.8) is 0 Å². The van der Waals surface area contributed by atoms with Crippen molar-refractivity contribution in [3.05, 3.63) is 35.9 Å². The summed E-state index contributed by atoms with van der Waals surface area (Å²) in [5.74, 6) is -0.533. The second kappa shape index (κ2) is 9.75. The van der Waals surface area contributed by atoms with Gasteiger partial charge in [0.2, 0.25) is 17.7 Å². The lowest BCUT2D eigenvalue weighted by Crippen LogP contribution is -2.37. The molecule has 6 nitrogen and oxygen atoms in total. The number of nitrogens with zero attached hydrogens (tertiary/aromatic N) is 1. The van der Waals surface area contributed by atoms with Gasteiger partial charge >= 0.3 is 0 Å². The predicted octanol–water partition coefficient (Wildman–Crippen LogP) is 3.32. The largest absolute Gasteiger partial charge is 0.333 e. The second-order valence-electron chi connectivity index (χ2n) is 6.61. The number of allylic oxidation sites excluding steroid dienone is 1. The van der Waals surface area contributed by atoms with Gasteiger partial charge in [0.15, 0.2) is 0 Å². The lowest BCUT2D eigenvalue weighted by molar-refractivity contribution is -0.132. The van der Waals surface area contributed by atoms with Gasteiger partial charge in [0.25, 0.3) is 0 Å². The van der Waals surface area contributed by atoms with Gasteiger partial charge in [0, 0.05) is 31.8 Å². The van der Waals surface area contributed by atoms with Crippen molar-refractivity contribution in [2.75, 3.05) is 23.7 Å². The van der Waals surface area contributed by atoms with Crippen LogP contribution in [0, 0.1) is 0 Å². The highest BCUT2D eigenvalue weighted by Crippen LogP contribution is 2.20. The van der Waals surface area contributed by atoms with Crippen molar-refractivity contribution in [1.29, 1.82) is 0 Å². The van der Waals surface area contributed by atoms with Crippen LogP contribution in [0.3, 0.4) is 0 Å². The van der Waals surface area contributed by atoms with Crippen LogP contribution in [-0.2, 0) is 14.4 Å². The average molecular weight is 357 g/mol. The van der Waals surface area contributed by atoms with Crippen LogP contribution < -0.4 is 10.6 Å². The van der Waals surface area contributed by atoms with Gasteiger partial charge in [-0.3, -0.25) is 14.4 Å². The Morgan fingerprint density at radius 3 is 2.42 bits per heavy atom. The SMILES string of the molecule is CC(=O)Nc1cccc(NC(=O)CN(CCC2=CCCCC2)C(C)=O)c1. The number of carbonyl (C=O) groups is 3. The number of benzene rings is 1. The van der Waals surface area contributed by atoms with Crippen molar-refractivity contribution in [3.8, 4) is 0 Å². The van der Waals surface area contributed by atoms with Crippen LogP contribution >= 0.6 is 0 Å². The van der Waals surface area contributed by atoms with Gasteiger partial charge in [0.1, 0.15) is 0 Å². The second-order valence-corrected chi connectivity index (χ2v) is 6.61. The Kier molecular flexibility index (Phi) is 7.38. The molecular formula is C20H27N3O3. The molecule has 2 N–H and O–H groups in total. The van der Waals surface area contributed by atoms with Crippen LogP contribution in [0.25, 0.3) is 0 Å². The van der Waals surface area contributed by atoms with Crippen LogP contribution in [0.4, 0.5) is 11.4 Å². The first kappa shape index (κ1) is 19.7. The Morgan fingerprint density at radius 1 is 1.08 bits per heavy atom. The maximum Gasteiger partial charge on any atom is 0.243 e. The van der Waals surface area contributed by atoms with Crippen molar-refractivity contribution < 1.29 is 14.4 Å². The lowest BCUT2D eigenvalue weighted by atomic mass is 9.97. The van der Waals surface area contributed by atoms with E-state index in [1.165, 1.54) is 32.3 Å². The smallest absolute Gasteiger partial charge is 0.243 e. The van der Waals surface area contributed by atoms with Gasteiger partial charge in [-0.25, -0.2) is 0 Å². The van der Waals surface area contributed by atoms with Gasteiger partial charge in [-0.1, -0.05) is 17.7 Å². The fraction of sp³-hybridized carbons (Fsp3) is 0.450. The molecule has 0 bridgehead atoms. The first-order valence-corrected chi connectivity index (χ1v) is 9.05. The summed E-state index contributed by atoms with van der Waals surface area (Å²) in [6, 6.07) is 6.93. The predicted molar refractivity (Wildman–Crippen MR) is 103 cm³/mol. The summed E-state index contributed by atoms with van der Waals surface area (Å²) < 4.78 is 0. The lowest BCUT2D eigenvalue weighted by Gasteiger charge is -2.22. The molecule has 1 aromatic rings. The van der Waals surface area contributed by atoms with E-state index >= 15 is 0 Å². The number of carbonyl (C=O) groups excluding carboxylic acids is 3. The van der Waals surface area contributed by atoms with E-state index in [2.05, 4.69) is 16.7 Å². The van der Waals surface area contributed by atoms with Gasteiger partial charge in [-0.15, -0.1) is 0 Å². The number of anilines is 2. The minimum absolute atomic E-state index is 0.0208. The molecule has 1 aromatic carbocycles. The van der Waals surface area contributed by atoms with E-state index in [-0.39, 0.29) is 24.3 Å². The molecule has 0 aliphatic heterocycles. The van der Waals surface area contributed by atoms with Crippen LogP contribution in [0.15, 0.2) is 35.9 Å². The van der Waals surface area contributed by atoms with Gasteiger partial charge in [-0.2, -0.15) is 0 Å². The Bertz CT molecular complexity index is 697. The van der Waals surface area contributed by atoms with Gasteiger partial charge in [-0.05, 0) is 50.3 Å². The molecule has 0 radical (unpaired) electrons. The molecular weight excluding hydrogens is 330 g/mol. The highest BCUT2D eigenvalue weighted by atomic mass is 16.2. The Balaban J connectivity index is 1.89. The number of amides is 3.